The first-order chi connectivity index (χ1) is 10.8. The topological polar surface area (TPSA) is 60.7 Å². The Hall–Kier alpha value is -2.46. The molecule has 0 atom stereocenters. The third kappa shape index (κ3) is 3.85. The predicted molar refractivity (Wildman–Crippen MR) is 85.6 cm³/mol. The number of fused-ring (bicyclic) bond motifs is 3. The molecule has 0 fully saturated rings. The molecule has 1 aromatic carbocycles. The van der Waals surface area contributed by atoms with E-state index in [1.54, 1.807) is 24.8 Å². The summed E-state index contributed by atoms with van der Waals surface area (Å²) >= 11 is 0. The summed E-state index contributed by atoms with van der Waals surface area (Å²) < 4.78 is 1.42. The molecule has 0 aliphatic heterocycles. The first kappa shape index (κ1) is 16.9. The largest absolute Gasteiger partial charge is 0.277 e. The van der Waals surface area contributed by atoms with Crippen molar-refractivity contribution in [3.05, 3.63) is 67.5 Å². The van der Waals surface area contributed by atoms with Crippen LogP contribution in [0.4, 0.5) is 0 Å². The van der Waals surface area contributed by atoms with Crippen LogP contribution in [0.3, 0.4) is 0 Å². The summed E-state index contributed by atoms with van der Waals surface area (Å²) in [6, 6.07) is 12.1. The van der Waals surface area contributed by atoms with Crippen molar-refractivity contribution in [2.75, 3.05) is 0 Å². The minimum atomic E-state index is -0.0116. The van der Waals surface area contributed by atoms with Gasteiger partial charge in [-0.15, -0.1) is 0 Å². The minimum Gasteiger partial charge on any atom is -0.277 e. The Morgan fingerprint density at radius 2 is 1.48 bits per heavy atom. The fourth-order valence-corrected chi connectivity index (χ4v) is 2.13. The third-order valence-electron chi connectivity index (χ3n) is 3.21. The Kier molecular flexibility index (Phi) is 5.66. The monoisotopic (exact) mass is 392 g/mol. The van der Waals surface area contributed by atoms with Gasteiger partial charge < -0.3 is 0 Å². The van der Waals surface area contributed by atoms with E-state index in [1.165, 1.54) is 17.8 Å². The van der Waals surface area contributed by atoms with Gasteiger partial charge in [-0.2, -0.15) is 0 Å². The van der Waals surface area contributed by atoms with Gasteiger partial charge in [-0.25, -0.2) is 4.98 Å². The number of imidazole rings is 1. The van der Waals surface area contributed by atoms with Gasteiger partial charge in [0.25, 0.3) is 0 Å². The van der Waals surface area contributed by atoms with Crippen LogP contribution in [0.25, 0.3) is 21.8 Å². The number of aromatic nitrogens is 4. The molecule has 0 saturated heterocycles. The van der Waals surface area contributed by atoms with Crippen molar-refractivity contribution in [2.24, 2.45) is 0 Å². The van der Waals surface area contributed by atoms with Gasteiger partial charge in [0.2, 0.25) is 5.91 Å². The van der Waals surface area contributed by atoms with Crippen LogP contribution in [-0.2, 0) is 19.5 Å². The Morgan fingerprint density at radius 1 is 0.913 bits per heavy atom. The van der Waals surface area contributed by atoms with Crippen LogP contribution in [0, 0.1) is 0 Å². The number of rotatable bonds is 0. The van der Waals surface area contributed by atoms with Gasteiger partial charge >= 0.3 is 0 Å². The molecular weight excluding hydrogens is 377 g/mol. The zero-order valence-corrected chi connectivity index (χ0v) is 14.1. The van der Waals surface area contributed by atoms with Crippen molar-refractivity contribution >= 4 is 27.7 Å². The maximum atomic E-state index is 10.4. The molecule has 4 aromatic rings. The number of nitrogens with zero attached hydrogens (tertiary/aromatic N) is 4. The summed E-state index contributed by atoms with van der Waals surface area (Å²) in [6.07, 6.45) is 8.26. The van der Waals surface area contributed by atoms with Crippen LogP contribution in [0.1, 0.15) is 11.7 Å². The van der Waals surface area contributed by atoms with Crippen molar-refractivity contribution in [3.8, 4) is 0 Å². The van der Waals surface area contributed by atoms with Gasteiger partial charge in [0.1, 0.15) is 6.33 Å². The van der Waals surface area contributed by atoms with E-state index in [2.05, 4.69) is 39.2 Å². The van der Waals surface area contributed by atoms with Crippen LogP contribution in [0.2, 0.25) is 0 Å². The number of carbonyl (C=O) groups excluding carboxylic acids is 1. The second-order valence-corrected chi connectivity index (χ2v) is 4.70. The maximum Gasteiger partial charge on any atom is 0.228 e. The van der Waals surface area contributed by atoms with Gasteiger partial charge in [0.05, 0.1) is 11.0 Å². The molecule has 6 heteroatoms. The average molecular weight is 391 g/mol. The standard InChI is InChI=1S/C12H8N2.C5H6N2O.Ru/c1-3-9-5-6-10-4-2-8-14-12(10)11(9)13-7-1;1-5(8)7-3-2-6-4-7;/h1-8H;2-4H,1H3;. The first-order valence-corrected chi connectivity index (χ1v) is 6.83. The zero-order chi connectivity index (χ0) is 15.4. The van der Waals surface area contributed by atoms with Gasteiger partial charge in [-0.1, -0.05) is 24.3 Å². The first-order valence-electron chi connectivity index (χ1n) is 6.83. The fourth-order valence-electron chi connectivity index (χ4n) is 2.13. The van der Waals surface area contributed by atoms with Gasteiger partial charge in [-0.05, 0) is 12.1 Å². The van der Waals surface area contributed by atoms with E-state index >= 15 is 0 Å². The number of pyridine rings is 2. The van der Waals surface area contributed by atoms with Crippen LogP contribution in [0.5, 0.6) is 0 Å². The normalized spacial score (nSPS) is 9.78. The second-order valence-electron chi connectivity index (χ2n) is 4.70. The summed E-state index contributed by atoms with van der Waals surface area (Å²) in [7, 11) is 0. The van der Waals surface area contributed by atoms with Crippen molar-refractivity contribution < 1.29 is 24.3 Å². The Balaban J connectivity index is 0.000000185. The minimum absolute atomic E-state index is 0. The van der Waals surface area contributed by atoms with Crippen molar-refractivity contribution in [3.63, 3.8) is 0 Å². The van der Waals surface area contributed by atoms with E-state index in [4.69, 9.17) is 0 Å². The van der Waals surface area contributed by atoms with E-state index in [9.17, 15) is 4.79 Å². The molecule has 0 bridgehead atoms. The molecular formula is C17H14N4ORu. The molecule has 0 saturated carbocycles. The Bertz CT molecular complexity index is 867. The van der Waals surface area contributed by atoms with Crippen molar-refractivity contribution in [1.29, 1.82) is 0 Å². The van der Waals surface area contributed by atoms with Gasteiger partial charge in [0.15, 0.2) is 0 Å². The summed E-state index contributed by atoms with van der Waals surface area (Å²) in [6.45, 7) is 1.49. The van der Waals surface area contributed by atoms with E-state index in [-0.39, 0.29) is 25.4 Å². The molecule has 0 amide bonds. The predicted octanol–water partition coefficient (Wildman–Crippen LogP) is 3.32. The summed E-state index contributed by atoms with van der Waals surface area (Å²) in [4.78, 5) is 22.8. The average Bonchev–Trinajstić information content (AvgIpc) is 3.10. The molecule has 5 nitrogen and oxygen atoms in total. The molecule has 3 aromatic heterocycles. The van der Waals surface area contributed by atoms with Crippen LogP contribution in [-0.4, -0.2) is 25.4 Å². The Labute approximate surface area is 146 Å². The van der Waals surface area contributed by atoms with E-state index < -0.39 is 0 Å². The number of hydrogen-bond acceptors (Lipinski definition) is 4. The summed E-state index contributed by atoms with van der Waals surface area (Å²) in [5.74, 6) is -0.0116. The maximum absolute atomic E-state index is 10.4. The smallest absolute Gasteiger partial charge is 0.228 e. The zero-order valence-electron chi connectivity index (χ0n) is 12.4. The third-order valence-corrected chi connectivity index (χ3v) is 3.21. The molecule has 4 rings (SSSR count). The molecule has 0 spiro atoms. The molecule has 0 aliphatic carbocycles. The molecule has 0 aliphatic rings. The SMILES string of the molecule is CC(=O)n1ccnc1.[Ru].c1cnc2c(c1)ccc1cccnc12. The van der Waals surface area contributed by atoms with E-state index in [1.807, 2.05) is 12.1 Å². The molecule has 3 heterocycles. The van der Waals surface area contributed by atoms with E-state index in [0.29, 0.717) is 0 Å². The fraction of sp³-hybridized carbons (Fsp3) is 0.0588. The molecule has 0 radical (unpaired) electrons. The van der Waals surface area contributed by atoms with Crippen LogP contribution >= 0.6 is 0 Å². The molecule has 23 heavy (non-hydrogen) atoms. The van der Waals surface area contributed by atoms with Gasteiger partial charge in [0, 0.05) is 62.0 Å². The van der Waals surface area contributed by atoms with E-state index in [0.717, 1.165) is 21.8 Å². The second kappa shape index (κ2) is 7.70. The van der Waals surface area contributed by atoms with Gasteiger partial charge in [-0.3, -0.25) is 19.3 Å². The number of benzene rings is 1. The molecule has 116 valence electrons. The molecule has 0 unspecified atom stereocenters. The Morgan fingerprint density at radius 3 is 1.87 bits per heavy atom. The van der Waals surface area contributed by atoms with Crippen LogP contribution in [0.15, 0.2) is 67.5 Å². The van der Waals surface area contributed by atoms with Crippen molar-refractivity contribution in [1.82, 2.24) is 19.5 Å². The number of hydrogen-bond donors (Lipinski definition) is 0. The quantitative estimate of drug-likeness (QED) is 0.341. The molecule has 0 N–H and O–H groups in total. The van der Waals surface area contributed by atoms with Crippen molar-refractivity contribution in [2.45, 2.75) is 6.92 Å². The number of carbonyl (C=O) groups is 1. The van der Waals surface area contributed by atoms with Crippen LogP contribution < -0.4 is 0 Å². The summed E-state index contributed by atoms with van der Waals surface area (Å²) in [5.41, 5.74) is 1.95. The summed E-state index contributed by atoms with van der Waals surface area (Å²) in [5, 5.41) is 2.28.